The molecule has 0 radical (unpaired) electrons. The number of carbonyl (C=O) groups excluding carboxylic acids is 1. The Balaban J connectivity index is 2.18. The van der Waals surface area contributed by atoms with Crippen LogP contribution in [0.3, 0.4) is 0 Å². The first-order valence-corrected chi connectivity index (χ1v) is 7.34. The Bertz CT molecular complexity index is 558. The van der Waals surface area contributed by atoms with E-state index in [4.69, 9.17) is 16.3 Å². The quantitative estimate of drug-likeness (QED) is 0.773. The van der Waals surface area contributed by atoms with Crippen molar-refractivity contribution in [3.05, 3.63) is 46.3 Å². The molecular weight excluding hydrogens is 280 g/mol. The van der Waals surface area contributed by atoms with Crippen molar-refractivity contribution >= 4 is 28.9 Å². The highest BCUT2D eigenvalue weighted by Gasteiger charge is 2.13. The summed E-state index contributed by atoms with van der Waals surface area (Å²) in [6.07, 6.45) is 0.227. The van der Waals surface area contributed by atoms with E-state index in [1.807, 2.05) is 49.6 Å². The Kier molecular flexibility index (Phi) is 4.61. The highest BCUT2D eigenvalue weighted by atomic mass is 35.5. The number of ether oxygens (including phenoxy) is 1. The van der Waals surface area contributed by atoms with Gasteiger partial charge in [-0.05, 0) is 48.6 Å². The Morgan fingerprint density at radius 3 is 2.58 bits per heavy atom. The van der Waals surface area contributed by atoms with Crippen molar-refractivity contribution in [1.82, 2.24) is 0 Å². The van der Waals surface area contributed by atoms with Crippen molar-refractivity contribution < 1.29 is 9.53 Å². The molecule has 19 heavy (non-hydrogen) atoms. The third-order valence-electron chi connectivity index (χ3n) is 2.56. The van der Waals surface area contributed by atoms with Gasteiger partial charge >= 0.3 is 5.97 Å². The molecule has 1 aromatic carbocycles. The Morgan fingerprint density at radius 2 is 1.95 bits per heavy atom. The lowest BCUT2D eigenvalue weighted by Gasteiger charge is -2.08. The van der Waals surface area contributed by atoms with Gasteiger partial charge in [0.15, 0.2) is 0 Å². The van der Waals surface area contributed by atoms with Crippen LogP contribution in [0.2, 0.25) is 5.02 Å². The zero-order chi connectivity index (χ0) is 13.8. The molecule has 0 unspecified atom stereocenters. The topological polar surface area (TPSA) is 26.3 Å². The summed E-state index contributed by atoms with van der Waals surface area (Å²) < 4.78 is 5.18. The fraction of sp³-hybridized carbons (Fsp3) is 0.267. The van der Waals surface area contributed by atoms with Crippen LogP contribution in [0.15, 0.2) is 35.7 Å². The normalized spacial score (nSPS) is 10.7. The van der Waals surface area contributed by atoms with Gasteiger partial charge in [0.2, 0.25) is 0 Å². The zero-order valence-electron chi connectivity index (χ0n) is 10.9. The van der Waals surface area contributed by atoms with Gasteiger partial charge in [-0.15, -0.1) is 11.3 Å². The van der Waals surface area contributed by atoms with Crippen LogP contribution >= 0.6 is 22.9 Å². The number of benzene rings is 1. The smallest absolute Gasteiger partial charge is 0.310 e. The van der Waals surface area contributed by atoms with Crippen LogP contribution in [0.4, 0.5) is 0 Å². The fourth-order valence-corrected chi connectivity index (χ4v) is 2.85. The number of carbonyl (C=O) groups is 1. The van der Waals surface area contributed by atoms with E-state index in [0.717, 1.165) is 16.0 Å². The van der Waals surface area contributed by atoms with Gasteiger partial charge in [0.05, 0.1) is 12.5 Å². The van der Waals surface area contributed by atoms with Gasteiger partial charge in [-0.2, -0.15) is 0 Å². The molecule has 0 amide bonds. The summed E-state index contributed by atoms with van der Waals surface area (Å²) in [5.41, 5.74) is 2.07. The second-order valence-electron chi connectivity index (χ2n) is 4.50. The minimum absolute atomic E-state index is 0.0786. The largest absolute Gasteiger partial charge is 0.463 e. The number of hydrogen-bond acceptors (Lipinski definition) is 3. The number of halogens is 1. The summed E-state index contributed by atoms with van der Waals surface area (Å²) in [5.74, 6) is -0.191. The van der Waals surface area contributed by atoms with Crippen molar-refractivity contribution in [2.24, 2.45) is 0 Å². The van der Waals surface area contributed by atoms with Gasteiger partial charge in [-0.1, -0.05) is 23.7 Å². The molecule has 0 aliphatic rings. The van der Waals surface area contributed by atoms with E-state index in [0.29, 0.717) is 11.4 Å². The molecule has 0 fully saturated rings. The summed E-state index contributed by atoms with van der Waals surface area (Å²) in [6.45, 7) is 3.71. The summed E-state index contributed by atoms with van der Waals surface area (Å²) in [6, 6.07) is 9.60. The van der Waals surface area contributed by atoms with E-state index < -0.39 is 0 Å². The maximum absolute atomic E-state index is 11.7. The zero-order valence-corrected chi connectivity index (χ0v) is 12.4. The molecular formula is C15H15ClO2S. The minimum atomic E-state index is -0.191. The lowest BCUT2D eigenvalue weighted by Crippen LogP contribution is -2.13. The second-order valence-corrected chi connectivity index (χ2v) is 5.85. The van der Waals surface area contributed by atoms with Crippen LogP contribution in [0.25, 0.3) is 10.4 Å². The van der Waals surface area contributed by atoms with E-state index in [9.17, 15) is 4.79 Å². The summed E-state index contributed by atoms with van der Waals surface area (Å²) in [7, 11) is 0. The monoisotopic (exact) mass is 294 g/mol. The van der Waals surface area contributed by atoms with E-state index in [-0.39, 0.29) is 12.1 Å². The average Bonchev–Trinajstić information content (AvgIpc) is 2.77. The molecule has 0 spiro atoms. The molecule has 0 saturated carbocycles. The van der Waals surface area contributed by atoms with Gasteiger partial charge in [0.25, 0.3) is 0 Å². The van der Waals surface area contributed by atoms with Crippen LogP contribution in [0.5, 0.6) is 0 Å². The first-order valence-electron chi connectivity index (χ1n) is 6.08. The fourth-order valence-electron chi connectivity index (χ4n) is 1.79. The molecule has 0 aliphatic heterocycles. The molecule has 1 heterocycles. The van der Waals surface area contributed by atoms with E-state index >= 15 is 0 Å². The molecule has 0 aliphatic carbocycles. The molecule has 0 N–H and O–H groups in total. The van der Waals surface area contributed by atoms with Crippen molar-refractivity contribution in [3.8, 4) is 10.4 Å². The maximum Gasteiger partial charge on any atom is 0.310 e. The number of hydrogen-bond donors (Lipinski definition) is 0. The minimum Gasteiger partial charge on any atom is -0.463 e. The van der Waals surface area contributed by atoms with Gasteiger partial charge in [-0.25, -0.2) is 0 Å². The molecule has 2 nitrogen and oxygen atoms in total. The van der Waals surface area contributed by atoms with Crippen LogP contribution in [-0.2, 0) is 16.0 Å². The maximum atomic E-state index is 11.7. The van der Waals surface area contributed by atoms with Gasteiger partial charge in [0, 0.05) is 9.90 Å². The number of rotatable bonds is 4. The van der Waals surface area contributed by atoms with Gasteiger partial charge in [0.1, 0.15) is 0 Å². The standard InChI is InChI=1S/C15H15ClO2S/c1-10(2)18-14(17)9-12-7-8-19-15(12)11-3-5-13(16)6-4-11/h3-8,10H,9H2,1-2H3. The van der Waals surface area contributed by atoms with Crippen LogP contribution in [0, 0.1) is 0 Å². The Labute approximate surface area is 122 Å². The Hall–Kier alpha value is -1.32. The third-order valence-corrected chi connectivity index (χ3v) is 3.81. The van der Waals surface area contributed by atoms with Crippen molar-refractivity contribution in [3.63, 3.8) is 0 Å². The van der Waals surface area contributed by atoms with E-state index in [2.05, 4.69) is 0 Å². The van der Waals surface area contributed by atoms with Crippen molar-refractivity contribution in [2.45, 2.75) is 26.4 Å². The highest BCUT2D eigenvalue weighted by molar-refractivity contribution is 7.13. The first-order chi connectivity index (χ1) is 9.06. The van der Waals surface area contributed by atoms with Crippen LogP contribution < -0.4 is 0 Å². The molecule has 100 valence electrons. The molecule has 2 rings (SSSR count). The average molecular weight is 295 g/mol. The second kappa shape index (κ2) is 6.22. The predicted molar refractivity (Wildman–Crippen MR) is 79.7 cm³/mol. The van der Waals surface area contributed by atoms with Crippen LogP contribution in [0.1, 0.15) is 19.4 Å². The van der Waals surface area contributed by atoms with E-state index in [1.165, 1.54) is 0 Å². The SMILES string of the molecule is CC(C)OC(=O)Cc1ccsc1-c1ccc(Cl)cc1. The third kappa shape index (κ3) is 3.82. The summed E-state index contributed by atoms with van der Waals surface area (Å²) >= 11 is 7.50. The van der Waals surface area contributed by atoms with E-state index in [1.54, 1.807) is 11.3 Å². The summed E-state index contributed by atoms with van der Waals surface area (Å²) in [5, 5.41) is 2.70. The Morgan fingerprint density at radius 1 is 1.26 bits per heavy atom. The van der Waals surface area contributed by atoms with Crippen molar-refractivity contribution in [2.75, 3.05) is 0 Å². The lowest BCUT2D eigenvalue weighted by molar-refractivity contribution is -0.146. The molecule has 1 aromatic heterocycles. The van der Waals surface area contributed by atoms with Gasteiger partial charge in [-0.3, -0.25) is 4.79 Å². The lowest BCUT2D eigenvalue weighted by atomic mass is 10.1. The molecule has 0 atom stereocenters. The molecule has 0 bridgehead atoms. The molecule has 4 heteroatoms. The number of esters is 1. The highest BCUT2D eigenvalue weighted by Crippen LogP contribution is 2.31. The van der Waals surface area contributed by atoms with Crippen molar-refractivity contribution in [1.29, 1.82) is 0 Å². The van der Waals surface area contributed by atoms with Crippen LogP contribution in [-0.4, -0.2) is 12.1 Å². The predicted octanol–water partition coefficient (Wildman–Crippen LogP) is 4.56. The molecule has 0 saturated heterocycles. The summed E-state index contributed by atoms with van der Waals surface area (Å²) in [4.78, 5) is 12.8. The first kappa shape index (κ1) is 14.1. The van der Waals surface area contributed by atoms with Gasteiger partial charge < -0.3 is 4.74 Å². The number of thiophene rings is 1. The molecule has 2 aromatic rings.